The van der Waals surface area contributed by atoms with Crippen molar-refractivity contribution in [3.05, 3.63) is 23.3 Å². The number of carboxylic acid groups (broad SMARTS) is 1. The molecule has 0 bridgehead atoms. The second-order valence-electron chi connectivity index (χ2n) is 2.36. The SMILES string of the molecule is O=Cc1cc(O)c(O)c(C(=O)O)c1. The summed E-state index contributed by atoms with van der Waals surface area (Å²) in [4.78, 5) is 20.7. The van der Waals surface area contributed by atoms with E-state index in [1.54, 1.807) is 0 Å². The molecule has 0 aliphatic rings. The lowest BCUT2D eigenvalue weighted by atomic mass is 10.1. The summed E-state index contributed by atoms with van der Waals surface area (Å²) in [6.07, 6.45) is 0.381. The van der Waals surface area contributed by atoms with Crippen molar-refractivity contribution in [2.75, 3.05) is 0 Å². The number of aromatic hydroxyl groups is 2. The van der Waals surface area contributed by atoms with Crippen molar-refractivity contribution in [2.45, 2.75) is 0 Å². The Kier molecular flexibility index (Phi) is 2.19. The minimum atomic E-state index is -1.41. The minimum Gasteiger partial charge on any atom is -0.504 e. The Morgan fingerprint density at radius 3 is 2.38 bits per heavy atom. The van der Waals surface area contributed by atoms with E-state index in [1.807, 2.05) is 0 Å². The molecule has 3 N–H and O–H groups in total. The van der Waals surface area contributed by atoms with Crippen molar-refractivity contribution >= 4 is 12.3 Å². The lowest BCUT2D eigenvalue weighted by Gasteiger charge is -2.02. The van der Waals surface area contributed by atoms with Crippen LogP contribution in [0.5, 0.6) is 11.5 Å². The van der Waals surface area contributed by atoms with Gasteiger partial charge in [-0.1, -0.05) is 0 Å². The molecule has 0 radical (unpaired) electrons. The molecule has 5 heteroatoms. The Balaban J connectivity index is 3.41. The smallest absolute Gasteiger partial charge is 0.339 e. The van der Waals surface area contributed by atoms with Crippen molar-refractivity contribution in [1.82, 2.24) is 0 Å². The lowest BCUT2D eigenvalue weighted by molar-refractivity contribution is 0.0693. The summed E-state index contributed by atoms with van der Waals surface area (Å²) < 4.78 is 0. The zero-order valence-electron chi connectivity index (χ0n) is 6.39. The first kappa shape index (κ1) is 9.05. The van der Waals surface area contributed by atoms with Gasteiger partial charge < -0.3 is 15.3 Å². The molecule has 13 heavy (non-hydrogen) atoms. The van der Waals surface area contributed by atoms with Gasteiger partial charge in [0.05, 0.1) is 0 Å². The molecule has 0 spiro atoms. The van der Waals surface area contributed by atoms with Crippen LogP contribution in [0.1, 0.15) is 20.7 Å². The van der Waals surface area contributed by atoms with Gasteiger partial charge in [-0.2, -0.15) is 0 Å². The van der Waals surface area contributed by atoms with E-state index in [0.717, 1.165) is 12.1 Å². The molecule has 0 amide bonds. The quantitative estimate of drug-likeness (QED) is 0.460. The van der Waals surface area contributed by atoms with Crippen molar-refractivity contribution < 1.29 is 24.9 Å². The Labute approximate surface area is 72.9 Å². The van der Waals surface area contributed by atoms with Crippen molar-refractivity contribution in [3.8, 4) is 11.5 Å². The van der Waals surface area contributed by atoms with Crippen LogP contribution in [-0.2, 0) is 0 Å². The molecule has 1 aromatic carbocycles. The van der Waals surface area contributed by atoms with Crippen LogP contribution in [0.4, 0.5) is 0 Å². The third-order valence-corrected chi connectivity index (χ3v) is 1.48. The standard InChI is InChI=1S/C8H6O5/c9-3-4-1-5(8(12)13)7(11)6(10)2-4/h1-3,10-11H,(H,12,13). The number of carbonyl (C=O) groups is 2. The number of rotatable bonds is 2. The van der Waals surface area contributed by atoms with E-state index in [9.17, 15) is 9.59 Å². The van der Waals surface area contributed by atoms with Crippen molar-refractivity contribution in [1.29, 1.82) is 0 Å². The normalized spacial score (nSPS) is 9.54. The molecule has 0 atom stereocenters. The van der Waals surface area contributed by atoms with E-state index in [2.05, 4.69) is 0 Å². The van der Waals surface area contributed by atoms with Gasteiger partial charge in [-0.25, -0.2) is 4.79 Å². The van der Waals surface area contributed by atoms with Crippen LogP contribution >= 0.6 is 0 Å². The summed E-state index contributed by atoms with van der Waals surface area (Å²) in [5.41, 5.74) is -0.505. The minimum absolute atomic E-state index is 0.00676. The molecule has 0 heterocycles. The van der Waals surface area contributed by atoms with E-state index >= 15 is 0 Å². The number of phenolic OH excluding ortho intramolecular Hbond substituents is 1. The number of hydrogen-bond acceptors (Lipinski definition) is 4. The topological polar surface area (TPSA) is 94.8 Å². The van der Waals surface area contributed by atoms with Gasteiger partial charge in [-0.05, 0) is 12.1 Å². The Morgan fingerprint density at radius 1 is 1.31 bits per heavy atom. The Hall–Kier alpha value is -2.04. The molecule has 0 saturated carbocycles. The van der Waals surface area contributed by atoms with Gasteiger partial charge in [-0.3, -0.25) is 4.79 Å². The maximum atomic E-state index is 10.5. The summed E-state index contributed by atoms with van der Waals surface area (Å²) in [6.45, 7) is 0. The van der Waals surface area contributed by atoms with Crippen LogP contribution in [0.15, 0.2) is 12.1 Å². The third kappa shape index (κ3) is 1.58. The first-order valence-corrected chi connectivity index (χ1v) is 3.30. The van der Waals surface area contributed by atoms with Crippen LogP contribution in [0.2, 0.25) is 0 Å². The van der Waals surface area contributed by atoms with Gasteiger partial charge in [-0.15, -0.1) is 0 Å². The van der Waals surface area contributed by atoms with Crippen molar-refractivity contribution in [2.24, 2.45) is 0 Å². The number of aromatic carboxylic acids is 1. The molecule has 0 unspecified atom stereocenters. The van der Waals surface area contributed by atoms with E-state index in [1.165, 1.54) is 0 Å². The Morgan fingerprint density at radius 2 is 1.92 bits per heavy atom. The number of benzene rings is 1. The highest BCUT2D eigenvalue weighted by molar-refractivity contribution is 5.94. The number of carboxylic acids is 1. The predicted octanol–water partition coefficient (Wildman–Crippen LogP) is 0.609. The molecule has 0 fully saturated rings. The van der Waals surface area contributed by atoms with Crippen LogP contribution in [-0.4, -0.2) is 27.6 Å². The monoisotopic (exact) mass is 182 g/mol. The fraction of sp³-hybridized carbons (Fsp3) is 0. The van der Waals surface area contributed by atoms with Gasteiger partial charge in [0.1, 0.15) is 11.8 Å². The van der Waals surface area contributed by atoms with E-state index in [0.29, 0.717) is 6.29 Å². The van der Waals surface area contributed by atoms with E-state index in [4.69, 9.17) is 15.3 Å². The highest BCUT2D eigenvalue weighted by Crippen LogP contribution is 2.29. The van der Waals surface area contributed by atoms with Gasteiger partial charge in [0.15, 0.2) is 11.5 Å². The second-order valence-corrected chi connectivity index (χ2v) is 2.36. The predicted molar refractivity (Wildman–Crippen MR) is 42.1 cm³/mol. The molecule has 0 aromatic heterocycles. The van der Waals surface area contributed by atoms with E-state index < -0.39 is 23.0 Å². The molecule has 68 valence electrons. The molecule has 0 aliphatic heterocycles. The van der Waals surface area contributed by atoms with Crippen LogP contribution in [0, 0.1) is 0 Å². The average molecular weight is 182 g/mol. The van der Waals surface area contributed by atoms with Crippen LogP contribution in [0.3, 0.4) is 0 Å². The maximum Gasteiger partial charge on any atom is 0.339 e. The summed E-state index contributed by atoms with van der Waals surface area (Å²) in [6, 6.07) is 1.96. The van der Waals surface area contributed by atoms with E-state index in [-0.39, 0.29) is 5.56 Å². The number of hydrogen-bond donors (Lipinski definition) is 3. The first-order valence-electron chi connectivity index (χ1n) is 3.30. The zero-order chi connectivity index (χ0) is 10.0. The van der Waals surface area contributed by atoms with Crippen LogP contribution in [0.25, 0.3) is 0 Å². The fourth-order valence-corrected chi connectivity index (χ4v) is 0.872. The highest BCUT2D eigenvalue weighted by Gasteiger charge is 2.14. The van der Waals surface area contributed by atoms with Crippen molar-refractivity contribution in [3.63, 3.8) is 0 Å². The second kappa shape index (κ2) is 3.14. The maximum absolute atomic E-state index is 10.5. The van der Waals surface area contributed by atoms with Gasteiger partial charge in [0.2, 0.25) is 0 Å². The fourth-order valence-electron chi connectivity index (χ4n) is 0.872. The van der Waals surface area contributed by atoms with Crippen LogP contribution < -0.4 is 0 Å². The largest absolute Gasteiger partial charge is 0.504 e. The third-order valence-electron chi connectivity index (χ3n) is 1.48. The Bertz CT molecular complexity index is 369. The summed E-state index contributed by atoms with van der Waals surface area (Å²) in [5, 5.41) is 26.6. The molecular formula is C8H6O5. The summed E-state index contributed by atoms with van der Waals surface area (Å²) in [5.74, 6) is -2.77. The molecule has 1 aromatic rings. The van der Waals surface area contributed by atoms with Gasteiger partial charge in [0, 0.05) is 5.56 Å². The first-order chi connectivity index (χ1) is 6.06. The van der Waals surface area contributed by atoms with Gasteiger partial charge in [0.25, 0.3) is 0 Å². The zero-order valence-corrected chi connectivity index (χ0v) is 6.39. The lowest BCUT2D eigenvalue weighted by Crippen LogP contribution is -1.98. The molecule has 1 rings (SSSR count). The summed E-state index contributed by atoms with van der Waals surface area (Å²) in [7, 11) is 0. The average Bonchev–Trinajstić information content (AvgIpc) is 2.09. The van der Waals surface area contributed by atoms with Gasteiger partial charge >= 0.3 is 5.97 Å². The number of phenols is 2. The molecule has 0 aliphatic carbocycles. The number of aldehydes is 1. The molecular weight excluding hydrogens is 176 g/mol. The molecule has 0 saturated heterocycles. The highest BCUT2D eigenvalue weighted by atomic mass is 16.4. The summed E-state index contributed by atoms with van der Waals surface area (Å²) >= 11 is 0. The number of carbonyl (C=O) groups excluding carboxylic acids is 1. The molecule has 5 nitrogen and oxygen atoms in total.